The Morgan fingerprint density at radius 3 is 2.28 bits per heavy atom. The smallest absolute Gasteiger partial charge is 0.187 e. The van der Waals surface area contributed by atoms with Gasteiger partial charge in [-0.15, -0.1) is 5.10 Å². The second-order valence-electron chi connectivity index (χ2n) is 10.3. The second kappa shape index (κ2) is 13.3. The molecule has 1 saturated heterocycles. The summed E-state index contributed by atoms with van der Waals surface area (Å²) >= 11 is 13.2. The number of likely N-dealkylation sites (tertiary alicyclic amines) is 1. The molecular formula is C33H27Br2ClN6O. The molecule has 0 saturated carbocycles. The van der Waals surface area contributed by atoms with Crippen molar-refractivity contribution in [2.75, 3.05) is 25.0 Å². The Kier molecular flexibility index (Phi) is 9.14. The van der Waals surface area contributed by atoms with Gasteiger partial charge in [0, 0.05) is 74.8 Å². The summed E-state index contributed by atoms with van der Waals surface area (Å²) < 4.78 is 3.78. The van der Waals surface area contributed by atoms with Crippen molar-refractivity contribution in [3.8, 4) is 0 Å². The highest BCUT2D eigenvalue weighted by Gasteiger charge is 2.27. The largest absolute Gasteiger partial charge is 0.383 e. The molecule has 7 nitrogen and oxygen atoms in total. The minimum atomic E-state index is 0.0665. The van der Waals surface area contributed by atoms with Crippen LogP contribution in [0.15, 0.2) is 105 Å². The number of aromatic nitrogens is 4. The number of carbonyl (C=O) groups excluding carboxylic acids is 1. The molecule has 0 spiro atoms. The molecule has 1 fully saturated rings. The van der Waals surface area contributed by atoms with Gasteiger partial charge in [-0.3, -0.25) is 19.4 Å². The first-order valence-corrected chi connectivity index (χ1v) is 15.7. The first kappa shape index (κ1) is 29.4. The first-order valence-electron chi connectivity index (χ1n) is 13.8. The van der Waals surface area contributed by atoms with Crippen LogP contribution in [0.25, 0.3) is 23.1 Å². The SMILES string of the molecule is O=C1/C(=C/c2cccc(Br)c2)CN(Cc2cn(CCNc3ccnc4cc(Cl)ccc34)nn2)C/C1=C\c1cccc(Br)c1. The van der Waals surface area contributed by atoms with E-state index in [4.69, 9.17) is 11.6 Å². The number of piperidine rings is 1. The highest BCUT2D eigenvalue weighted by Crippen LogP contribution is 2.26. The van der Waals surface area contributed by atoms with E-state index in [1.165, 1.54) is 0 Å². The predicted octanol–water partition coefficient (Wildman–Crippen LogP) is 7.67. The maximum absolute atomic E-state index is 13.6. The number of pyridine rings is 1. The van der Waals surface area contributed by atoms with E-state index >= 15 is 0 Å². The summed E-state index contributed by atoms with van der Waals surface area (Å²) in [6, 6.07) is 23.6. The molecule has 0 unspecified atom stereocenters. The van der Waals surface area contributed by atoms with Gasteiger partial charge in [0.25, 0.3) is 0 Å². The molecule has 2 aromatic heterocycles. The number of rotatable bonds is 8. The zero-order valence-electron chi connectivity index (χ0n) is 23.1. The van der Waals surface area contributed by atoms with Crippen LogP contribution in [0.5, 0.6) is 0 Å². The molecule has 10 heteroatoms. The third-order valence-electron chi connectivity index (χ3n) is 7.08. The number of ketones is 1. The number of hydrogen-bond donors (Lipinski definition) is 1. The van der Waals surface area contributed by atoms with Crippen molar-refractivity contribution in [2.45, 2.75) is 13.1 Å². The van der Waals surface area contributed by atoms with E-state index in [1.807, 2.05) is 95.8 Å². The van der Waals surface area contributed by atoms with E-state index in [9.17, 15) is 4.79 Å². The Bertz CT molecular complexity index is 1800. The number of hydrogen-bond acceptors (Lipinski definition) is 6. The number of benzene rings is 3. The van der Waals surface area contributed by atoms with Crippen molar-refractivity contribution in [2.24, 2.45) is 0 Å². The Hall–Kier alpha value is -3.63. The van der Waals surface area contributed by atoms with Gasteiger partial charge in [0.2, 0.25) is 0 Å². The predicted molar refractivity (Wildman–Crippen MR) is 180 cm³/mol. The lowest BCUT2D eigenvalue weighted by atomic mass is 9.94. The number of fused-ring (bicyclic) bond motifs is 1. The fourth-order valence-electron chi connectivity index (χ4n) is 5.15. The third kappa shape index (κ3) is 7.48. The zero-order chi connectivity index (χ0) is 29.8. The highest BCUT2D eigenvalue weighted by atomic mass is 79.9. The normalized spacial score (nSPS) is 15.9. The van der Waals surface area contributed by atoms with Gasteiger partial charge in [0.1, 0.15) is 0 Å². The van der Waals surface area contributed by atoms with Gasteiger partial charge < -0.3 is 5.32 Å². The van der Waals surface area contributed by atoms with Crippen molar-refractivity contribution in [1.82, 2.24) is 24.9 Å². The second-order valence-corrected chi connectivity index (χ2v) is 12.6. The van der Waals surface area contributed by atoms with Crippen molar-refractivity contribution < 1.29 is 4.79 Å². The number of anilines is 1. The third-order valence-corrected chi connectivity index (χ3v) is 8.30. The average Bonchev–Trinajstić information content (AvgIpc) is 3.42. The van der Waals surface area contributed by atoms with Crippen LogP contribution in [0.2, 0.25) is 5.02 Å². The van der Waals surface area contributed by atoms with Gasteiger partial charge in [0.15, 0.2) is 5.78 Å². The fraction of sp³-hybridized carbons (Fsp3) is 0.152. The number of carbonyl (C=O) groups is 1. The van der Waals surface area contributed by atoms with Crippen LogP contribution in [0.1, 0.15) is 16.8 Å². The molecule has 0 atom stereocenters. The van der Waals surface area contributed by atoms with E-state index in [0.29, 0.717) is 37.7 Å². The number of nitrogens with one attached hydrogen (secondary N) is 1. The van der Waals surface area contributed by atoms with E-state index in [0.717, 1.165) is 53.5 Å². The molecule has 3 aromatic carbocycles. The Morgan fingerprint density at radius 1 is 0.907 bits per heavy atom. The molecule has 1 N–H and O–H groups in total. The van der Waals surface area contributed by atoms with Gasteiger partial charge in [-0.1, -0.05) is 72.9 Å². The number of halogens is 3. The maximum atomic E-state index is 13.6. The fourth-order valence-corrected chi connectivity index (χ4v) is 6.15. The van der Waals surface area contributed by atoms with Crippen molar-refractivity contribution in [3.63, 3.8) is 0 Å². The zero-order valence-corrected chi connectivity index (χ0v) is 27.0. The summed E-state index contributed by atoms with van der Waals surface area (Å²) in [4.78, 5) is 20.2. The molecule has 3 heterocycles. The lowest BCUT2D eigenvalue weighted by Crippen LogP contribution is -2.37. The first-order chi connectivity index (χ1) is 20.9. The molecule has 0 amide bonds. The van der Waals surface area contributed by atoms with E-state index < -0.39 is 0 Å². The quantitative estimate of drug-likeness (QED) is 0.166. The van der Waals surface area contributed by atoms with Crippen LogP contribution in [0.4, 0.5) is 5.69 Å². The molecule has 1 aliphatic heterocycles. The molecule has 5 aromatic rings. The Labute approximate surface area is 271 Å². The van der Waals surface area contributed by atoms with Gasteiger partial charge >= 0.3 is 0 Å². The van der Waals surface area contributed by atoms with Crippen LogP contribution in [-0.4, -0.2) is 50.3 Å². The van der Waals surface area contributed by atoms with Crippen LogP contribution >= 0.6 is 43.5 Å². The summed E-state index contributed by atoms with van der Waals surface area (Å²) in [5.41, 5.74) is 6.13. The minimum absolute atomic E-state index is 0.0665. The van der Waals surface area contributed by atoms with Crippen molar-refractivity contribution in [3.05, 3.63) is 127 Å². The van der Waals surface area contributed by atoms with Gasteiger partial charge in [-0.2, -0.15) is 0 Å². The molecule has 43 heavy (non-hydrogen) atoms. The number of nitrogens with zero attached hydrogens (tertiary/aromatic N) is 5. The molecular weight excluding hydrogens is 692 g/mol. The topological polar surface area (TPSA) is 75.9 Å². The van der Waals surface area contributed by atoms with E-state index in [-0.39, 0.29) is 5.78 Å². The summed E-state index contributed by atoms with van der Waals surface area (Å²) in [5.74, 6) is 0.0665. The molecule has 1 aliphatic rings. The summed E-state index contributed by atoms with van der Waals surface area (Å²) in [7, 11) is 0. The summed E-state index contributed by atoms with van der Waals surface area (Å²) in [6.07, 6.45) is 7.70. The van der Waals surface area contributed by atoms with Crippen LogP contribution in [0.3, 0.4) is 0 Å². The van der Waals surface area contributed by atoms with Crippen LogP contribution < -0.4 is 5.32 Å². The molecule has 6 rings (SSSR count). The van der Waals surface area contributed by atoms with Gasteiger partial charge in [0.05, 0.1) is 17.8 Å². The van der Waals surface area contributed by atoms with Crippen molar-refractivity contribution in [1.29, 1.82) is 0 Å². The monoisotopic (exact) mass is 716 g/mol. The molecule has 0 aliphatic carbocycles. The molecule has 216 valence electrons. The minimum Gasteiger partial charge on any atom is -0.383 e. The van der Waals surface area contributed by atoms with Gasteiger partial charge in [-0.05, 0) is 71.8 Å². The van der Waals surface area contributed by atoms with Crippen LogP contribution in [0, 0.1) is 0 Å². The molecule has 0 radical (unpaired) electrons. The standard InChI is InChI=1S/C33H27Br2ClN6O/c34-26-5-1-3-22(15-26)13-24-18-41(19-25(33(24)43)14-23-4-2-6-27(35)16-23)20-29-21-42(40-39-29)12-11-38-31-9-10-37-32-17-28(36)7-8-30(31)32/h1-10,13-17,21H,11-12,18-20H2,(H,37,38)/b24-13+,25-14+. The average molecular weight is 719 g/mol. The highest BCUT2D eigenvalue weighted by molar-refractivity contribution is 9.10. The van der Waals surface area contributed by atoms with E-state index in [2.05, 4.69) is 57.4 Å². The van der Waals surface area contributed by atoms with Crippen LogP contribution in [-0.2, 0) is 17.9 Å². The Balaban J connectivity index is 1.16. The lowest BCUT2D eigenvalue weighted by Gasteiger charge is -2.29. The summed E-state index contributed by atoms with van der Waals surface area (Å²) in [6.45, 7) is 2.93. The molecule has 0 bridgehead atoms. The van der Waals surface area contributed by atoms with E-state index in [1.54, 1.807) is 6.20 Å². The lowest BCUT2D eigenvalue weighted by molar-refractivity contribution is -0.113. The van der Waals surface area contributed by atoms with Crippen molar-refractivity contribution >= 4 is 78.0 Å². The Morgan fingerprint density at radius 2 is 1.60 bits per heavy atom. The summed E-state index contributed by atoms with van der Waals surface area (Å²) in [5, 5.41) is 14.0. The maximum Gasteiger partial charge on any atom is 0.187 e. The van der Waals surface area contributed by atoms with Gasteiger partial charge in [-0.25, -0.2) is 0 Å². The number of Topliss-reactive ketones (excluding diaryl/α,β-unsaturated/α-hetero) is 1.